The largest absolute Gasteiger partial charge is 0.378 e. The fraction of sp³-hybridized carbons (Fsp3) is 0.444. The number of nitrogens with one attached hydrogen (secondary N) is 1. The zero-order chi connectivity index (χ0) is 24.4. The Morgan fingerprint density at radius 3 is 2.57 bits per heavy atom. The topological polar surface area (TPSA) is 72.3 Å². The molecule has 0 spiro atoms. The number of benzene rings is 2. The minimum absolute atomic E-state index is 0.0599. The van der Waals surface area contributed by atoms with E-state index in [1.165, 1.54) is 18.4 Å². The van der Waals surface area contributed by atoms with Gasteiger partial charge >= 0.3 is 0 Å². The molecule has 2 bridgehead atoms. The van der Waals surface area contributed by atoms with Crippen molar-refractivity contribution in [1.29, 1.82) is 0 Å². The van der Waals surface area contributed by atoms with Crippen LogP contribution in [0.2, 0.25) is 5.02 Å². The Morgan fingerprint density at radius 2 is 1.89 bits per heavy atom. The molecule has 1 aromatic heterocycles. The number of amides is 1. The number of rotatable bonds is 8. The third-order valence-corrected chi connectivity index (χ3v) is 6.99. The number of halogens is 1. The third-order valence-electron chi connectivity index (χ3n) is 6.76. The van der Waals surface area contributed by atoms with E-state index in [0.29, 0.717) is 28.8 Å². The Balaban J connectivity index is 1.34. The SMILES string of the molecule is CC(C)NC(=O)Cc1nc(-c2ccc(CCN3C4CCC3COC4)cc2)nn1-c1cccc(Cl)c1. The molecule has 3 heterocycles. The maximum Gasteiger partial charge on any atom is 0.227 e. The number of aromatic nitrogens is 3. The molecule has 7 nitrogen and oxygen atoms in total. The molecule has 2 fully saturated rings. The second-order valence-electron chi connectivity index (χ2n) is 9.75. The van der Waals surface area contributed by atoms with Crippen LogP contribution in [0.3, 0.4) is 0 Å². The van der Waals surface area contributed by atoms with Crippen molar-refractivity contribution < 1.29 is 9.53 Å². The highest BCUT2D eigenvalue weighted by Gasteiger charge is 2.36. The van der Waals surface area contributed by atoms with Crippen LogP contribution in [0.25, 0.3) is 17.1 Å². The normalized spacial score (nSPS) is 19.9. The second kappa shape index (κ2) is 10.5. The van der Waals surface area contributed by atoms with Crippen molar-refractivity contribution in [2.45, 2.75) is 57.7 Å². The smallest absolute Gasteiger partial charge is 0.227 e. The maximum atomic E-state index is 12.5. The summed E-state index contributed by atoms with van der Waals surface area (Å²) in [5.41, 5.74) is 3.00. The number of morpholine rings is 1. The molecule has 3 aromatic rings. The van der Waals surface area contributed by atoms with Crippen molar-refractivity contribution >= 4 is 17.5 Å². The average molecular weight is 494 g/mol. The van der Waals surface area contributed by atoms with Gasteiger partial charge in [0.15, 0.2) is 5.82 Å². The van der Waals surface area contributed by atoms with Gasteiger partial charge in [-0.2, -0.15) is 0 Å². The van der Waals surface area contributed by atoms with E-state index < -0.39 is 0 Å². The lowest BCUT2D eigenvalue weighted by atomic mass is 10.1. The van der Waals surface area contributed by atoms with Crippen LogP contribution in [0.4, 0.5) is 0 Å². The monoisotopic (exact) mass is 493 g/mol. The van der Waals surface area contributed by atoms with Crippen LogP contribution < -0.4 is 5.32 Å². The van der Waals surface area contributed by atoms with E-state index in [1.807, 2.05) is 38.1 Å². The van der Waals surface area contributed by atoms with E-state index >= 15 is 0 Å². The minimum Gasteiger partial charge on any atom is -0.378 e. The molecule has 0 radical (unpaired) electrons. The van der Waals surface area contributed by atoms with Crippen molar-refractivity contribution in [3.63, 3.8) is 0 Å². The highest BCUT2D eigenvalue weighted by molar-refractivity contribution is 6.30. The zero-order valence-corrected chi connectivity index (χ0v) is 21.0. The van der Waals surface area contributed by atoms with E-state index in [9.17, 15) is 4.79 Å². The lowest BCUT2D eigenvalue weighted by Gasteiger charge is -2.34. The molecule has 2 aliphatic rings. The van der Waals surface area contributed by atoms with Gasteiger partial charge in [-0.1, -0.05) is 41.9 Å². The van der Waals surface area contributed by atoms with E-state index in [1.54, 1.807) is 4.68 Å². The molecule has 2 atom stereocenters. The summed E-state index contributed by atoms with van der Waals surface area (Å²) in [7, 11) is 0. The number of hydrogen-bond acceptors (Lipinski definition) is 5. The quantitative estimate of drug-likeness (QED) is 0.512. The van der Waals surface area contributed by atoms with Crippen molar-refractivity contribution in [3.05, 3.63) is 64.9 Å². The van der Waals surface area contributed by atoms with Gasteiger partial charge in [0.1, 0.15) is 5.82 Å². The van der Waals surface area contributed by atoms with E-state index in [2.05, 4.69) is 34.5 Å². The van der Waals surface area contributed by atoms with Crippen LogP contribution in [0, 0.1) is 0 Å². The van der Waals surface area contributed by atoms with Crippen LogP contribution in [-0.4, -0.2) is 63.5 Å². The summed E-state index contributed by atoms with van der Waals surface area (Å²) in [5.74, 6) is 1.08. The van der Waals surface area contributed by atoms with Crippen molar-refractivity contribution in [1.82, 2.24) is 25.0 Å². The molecular formula is C27H32ClN5O2. The number of nitrogens with zero attached hydrogens (tertiary/aromatic N) is 4. The maximum absolute atomic E-state index is 12.5. The van der Waals surface area contributed by atoms with Gasteiger partial charge in [-0.05, 0) is 56.9 Å². The van der Waals surface area contributed by atoms with E-state index in [4.69, 9.17) is 26.4 Å². The summed E-state index contributed by atoms with van der Waals surface area (Å²) in [6.07, 6.45) is 3.65. The van der Waals surface area contributed by atoms with Crippen LogP contribution in [0.1, 0.15) is 38.1 Å². The van der Waals surface area contributed by atoms with Gasteiger partial charge in [0.2, 0.25) is 5.91 Å². The Morgan fingerprint density at radius 1 is 1.14 bits per heavy atom. The number of hydrogen-bond donors (Lipinski definition) is 1. The first kappa shape index (κ1) is 24.0. The molecule has 0 saturated carbocycles. The van der Waals surface area contributed by atoms with Crippen LogP contribution >= 0.6 is 11.6 Å². The standard InChI is InChI=1S/C27H32ClN5O2/c1-18(2)29-26(34)15-25-30-27(31-33(25)22-5-3-4-21(28)14-22)20-8-6-19(7-9-20)12-13-32-23-10-11-24(32)17-35-16-23/h3-9,14,18,23-24H,10-13,15-17H2,1-2H3,(H,29,34). The zero-order valence-electron chi connectivity index (χ0n) is 20.3. The van der Waals surface area contributed by atoms with E-state index in [0.717, 1.165) is 37.4 Å². The molecule has 2 aliphatic heterocycles. The minimum atomic E-state index is -0.0883. The second-order valence-corrected chi connectivity index (χ2v) is 10.2. The van der Waals surface area contributed by atoms with Gasteiger partial charge in [-0.25, -0.2) is 9.67 Å². The summed E-state index contributed by atoms with van der Waals surface area (Å²) >= 11 is 6.22. The van der Waals surface area contributed by atoms with E-state index in [-0.39, 0.29) is 18.4 Å². The predicted molar refractivity (Wildman–Crippen MR) is 137 cm³/mol. The molecule has 8 heteroatoms. The number of ether oxygens (including phenoxy) is 1. The first-order valence-electron chi connectivity index (χ1n) is 12.4. The lowest BCUT2D eigenvalue weighted by Crippen LogP contribution is -2.46. The molecule has 5 rings (SSSR count). The first-order valence-corrected chi connectivity index (χ1v) is 12.8. The summed E-state index contributed by atoms with van der Waals surface area (Å²) in [6.45, 7) is 6.68. The van der Waals surface area contributed by atoms with Gasteiger partial charge in [0.05, 0.1) is 25.3 Å². The van der Waals surface area contributed by atoms with Crippen LogP contribution in [0.15, 0.2) is 48.5 Å². The molecule has 2 unspecified atom stereocenters. The molecule has 0 aliphatic carbocycles. The Hall–Kier alpha value is -2.74. The molecule has 35 heavy (non-hydrogen) atoms. The van der Waals surface area contributed by atoms with Gasteiger partial charge in [-0.3, -0.25) is 9.69 Å². The molecule has 2 aromatic carbocycles. The molecule has 1 amide bonds. The summed E-state index contributed by atoms with van der Waals surface area (Å²) < 4.78 is 7.42. The fourth-order valence-electron chi connectivity index (χ4n) is 5.07. The van der Waals surface area contributed by atoms with Gasteiger partial charge in [-0.15, -0.1) is 5.10 Å². The summed E-state index contributed by atoms with van der Waals surface area (Å²) in [5, 5.41) is 8.28. The van der Waals surface area contributed by atoms with Crippen molar-refractivity contribution in [3.8, 4) is 17.1 Å². The highest BCUT2D eigenvalue weighted by atomic mass is 35.5. The Bertz CT molecular complexity index is 1160. The fourth-order valence-corrected chi connectivity index (χ4v) is 5.25. The summed E-state index contributed by atoms with van der Waals surface area (Å²) in [4.78, 5) is 19.8. The Kier molecular flexibility index (Phi) is 7.18. The third kappa shape index (κ3) is 5.58. The lowest BCUT2D eigenvalue weighted by molar-refractivity contribution is -0.121. The van der Waals surface area contributed by atoms with Crippen LogP contribution in [0.5, 0.6) is 0 Å². The van der Waals surface area contributed by atoms with Crippen LogP contribution in [-0.2, 0) is 22.4 Å². The predicted octanol–water partition coefficient (Wildman–Crippen LogP) is 4.06. The number of carbonyl (C=O) groups excluding carboxylic acids is 1. The van der Waals surface area contributed by atoms with Gasteiger partial charge < -0.3 is 10.1 Å². The number of carbonyl (C=O) groups is 1. The van der Waals surface area contributed by atoms with Gasteiger partial charge in [0, 0.05) is 35.3 Å². The Labute approximate surface area is 211 Å². The molecule has 1 N–H and O–H groups in total. The number of fused-ring (bicyclic) bond motifs is 2. The first-order chi connectivity index (χ1) is 17.0. The molecular weight excluding hydrogens is 462 g/mol. The van der Waals surface area contributed by atoms with Crippen molar-refractivity contribution in [2.24, 2.45) is 0 Å². The van der Waals surface area contributed by atoms with Gasteiger partial charge in [0.25, 0.3) is 0 Å². The average Bonchev–Trinajstić information content (AvgIpc) is 3.33. The highest BCUT2D eigenvalue weighted by Crippen LogP contribution is 2.29. The van der Waals surface area contributed by atoms with Crippen molar-refractivity contribution in [2.75, 3.05) is 19.8 Å². The molecule has 2 saturated heterocycles. The molecule has 184 valence electrons. The summed E-state index contributed by atoms with van der Waals surface area (Å²) in [6, 6.07) is 17.1.